The molecule has 2 aromatic rings. The largest absolute Gasteiger partial charge is 0.398 e. The second kappa shape index (κ2) is 5.23. The SMILES string of the molecule is Cc1sc(C(=O)NC(C)c2ccccc2)cc1N. The summed E-state index contributed by atoms with van der Waals surface area (Å²) in [6.07, 6.45) is 0. The van der Waals surface area contributed by atoms with Gasteiger partial charge in [0.25, 0.3) is 5.91 Å². The van der Waals surface area contributed by atoms with Crippen molar-refractivity contribution >= 4 is 22.9 Å². The molecular formula is C14H16N2OS. The molecule has 94 valence electrons. The Balaban J connectivity index is 2.08. The van der Waals surface area contributed by atoms with Gasteiger partial charge in [-0.15, -0.1) is 11.3 Å². The van der Waals surface area contributed by atoms with Gasteiger partial charge in [-0.3, -0.25) is 4.79 Å². The summed E-state index contributed by atoms with van der Waals surface area (Å²) in [5.41, 5.74) is 7.52. The third-order valence-corrected chi connectivity index (χ3v) is 3.89. The van der Waals surface area contributed by atoms with Crippen molar-refractivity contribution in [1.82, 2.24) is 5.32 Å². The van der Waals surface area contributed by atoms with E-state index in [-0.39, 0.29) is 11.9 Å². The molecule has 3 nitrogen and oxygen atoms in total. The summed E-state index contributed by atoms with van der Waals surface area (Å²) >= 11 is 1.42. The van der Waals surface area contributed by atoms with E-state index in [2.05, 4.69) is 5.32 Å². The number of benzene rings is 1. The lowest BCUT2D eigenvalue weighted by molar-refractivity contribution is 0.0944. The lowest BCUT2D eigenvalue weighted by atomic mass is 10.1. The monoisotopic (exact) mass is 260 g/mol. The second-order valence-corrected chi connectivity index (χ2v) is 5.48. The Hall–Kier alpha value is -1.81. The number of hydrogen-bond acceptors (Lipinski definition) is 3. The van der Waals surface area contributed by atoms with E-state index in [1.165, 1.54) is 11.3 Å². The number of hydrogen-bond donors (Lipinski definition) is 2. The van der Waals surface area contributed by atoms with Gasteiger partial charge in [0, 0.05) is 10.6 Å². The van der Waals surface area contributed by atoms with Gasteiger partial charge >= 0.3 is 0 Å². The fourth-order valence-electron chi connectivity index (χ4n) is 1.70. The average Bonchev–Trinajstić information content (AvgIpc) is 2.71. The number of amides is 1. The topological polar surface area (TPSA) is 55.1 Å². The minimum Gasteiger partial charge on any atom is -0.398 e. The predicted molar refractivity (Wildman–Crippen MR) is 75.8 cm³/mol. The van der Waals surface area contributed by atoms with Gasteiger partial charge in [-0.05, 0) is 25.5 Å². The molecular weight excluding hydrogens is 244 g/mol. The maximum atomic E-state index is 12.0. The van der Waals surface area contributed by atoms with Crippen molar-refractivity contribution in [2.24, 2.45) is 0 Å². The maximum absolute atomic E-state index is 12.0. The first kappa shape index (κ1) is 12.6. The van der Waals surface area contributed by atoms with Crippen LogP contribution in [0.15, 0.2) is 36.4 Å². The molecule has 0 saturated carbocycles. The van der Waals surface area contributed by atoms with E-state index in [4.69, 9.17) is 5.73 Å². The highest BCUT2D eigenvalue weighted by atomic mass is 32.1. The van der Waals surface area contributed by atoms with Gasteiger partial charge in [-0.2, -0.15) is 0 Å². The Kier molecular flexibility index (Phi) is 3.67. The Morgan fingerprint density at radius 3 is 2.56 bits per heavy atom. The summed E-state index contributed by atoms with van der Waals surface area (Å²) < 4.78 is 0. The lowest BCUT2D eigenvalue weighted by Crippen LogP contribution is -2.25. The van der Waals surface area contributed by atoms with Crippen molar-refractivity contribution in [2.45, 2.75) is 19.9 Å². The number of rotatable bonds is 3. The molecule has 1 unspecified atom stereocenters. The molecule has 2 rings (SSSR count). The third-order valence-electron chi connectivity index (χ3n) is 2.83. The minimum absolute atomic E-state index is 0.0117. The summed E-state index contributed by atoms with van der Waals surface area (Å²) in [5.74, 6) is -0.0730. The minimum atomic E-state index is -0.0730. The summed E-state index contributed by atoms with van der Waals surface area (Å²) in [5, 5.41) is 2.97. The Labute approximate surface area is 111 Å². The van der Waals surface area contributed by atoms with Gasteiger partial charge in [0.1, 0.15) is 0 Å². The molecule has 1 atom stereocenters. The number of carbonyl (C=O) groups is 1. The number of nitrogens with two attached hydrogens (primary N) is 1. The van der Waals surface area contributed by atoms with E-state index in [9.17, 15) is 4.79 Å². The molecule has 1 aromatic heterocycles. The van der Waals surface area contributed by atoms with Crippen LogP contribution in [0.3, 0.4) is 0 Å². The van der Waals surface area contributed by atoms with Crippen LogP contribution >= 0.6 is 11.3 Å². The van der Waals surface area contributed by atoms with Crippen LogP contribution in [0.4, 0.5) is 5.69 Å². The van der Waals surface area contributed by atoms with Crippen molar-refractivity contribution in [3.63, 3.8) is 0 Å². The second-order valence-electron chi connectivity index (χ2n) is 4.23. The smallest absolute Gasteiger partial charge is 0.261 e. The van der Waals surface area contributed by atoms with Crippen molar-refractivity contribution in [3.8, 4) is 0 Å². The van der Waals surface area contributed by atoms with E-state index in [1.807, 2.05) is 44.2 Å². The summed E-state index contributed by atoms with van der Waals surface area (Å²) in [7, 11) is 0. The summed E-state index contributed by atoms with van der Waals surface area (Å²) in [4.78, 5) is 13.7. The standard InChI is InChI=1S/C14H16N2OS/c1-9(11-6-4-3-5-7-11)16-14(17)13-8-12(15)10(2)18-13/h3-9H,15H2,1-2H3,(H,16,17). The van der Waals surface area contributed by atoms with Gasteiger partial charge in [-0.1, -0.05) is 30.3 Å². The van der Waals surface area contributed by atoms with E-state index in [0.29, 0.717) is 10.6 Å². The number of thiophene rings is 1. The van der Waals surface area contributed by atoms with Gasteiger partial charge < -0.3 is 11.1 Å². The van der Waals surface area contributed by atoms with Crippen LogP contribution in [0.25, 0.3) is 0 Å². The molecule has 0 spiro atoms. The molecule has 0 aliphatic carbocycles. The number of nitrogens with one attached hydrogen (secondary N) is 1. The quantitative estimate of drug-likeness (QED) is 0.890. The molecule has 0 bridgehead atoms. The van der Waals surface area contributed by atoms with E-state index in [1.54, 1.807) is 6.07 Å². The van der Waals surface area contributed by atoms with Crippen LogP contribution < -0.4 is 11.1 Å². The van der Waals surface area contributed by atoms with Crippen LogP contribution in [0, 0.1) is 6.92 Å². The molecule has 0 fully saturated rings. The molecule has 1 amide bonds. The summed E-state index contributed by atoms with van der Waals surface area (Å²) in [6.45, 7) is 3.88. The Morgan fingerprint density at radius 2 is 2.00 bits per heavy atom. The number of nitrogen functional groups attached to an aromatic ring is 1. The number of anilines is 1. The first-order valence-corrected chi connectivity index (χ1v) is 6.61. The predicted octanol–water partition coefficient (Wildman–Crippen LogP) is 3.13. The molecule has 0 radical (unpaired) electrons. The molecule has 0 aliphatic rings. The van der Waals surface area contributed by atoms with Crippen molar-refractivity contribution in [2.75, 3.05) is 5.73 Å². The van der Waals surface area contributed by atoms with Crippen LogP contribution in [-0.4, -0.2) is 5.91 Å². The zero-order valence-electron chi connectivity index (χ0n) is 10.4. The zero-order valence-corrected chi connectivity index (χ0v) is 11.3. The molecule has 3 N–H and O–H groups in total. The van der Waals surface area contributed by atoms with Gasteiger partial charge in [0.2, 0.25) is 0 Å². The molecule has 0 aliphatic heterocycles. The normalized spacial score (nSPS) is 12.1. The first-order chi connectivity index (χ1) is 8.58. The average molecular weight is 260 g/mol. The zero-order chi connectivity index (χ0) is 13.1. The van der Waals surface area contributed by atoms with Crippen molar-refractivity contribution in [1.29, 1.82) is 0 Å². The Morgan fingerprint density at radius 1 is 1.33 bits per heavy atom. The van der Waals surface area contributed by atoms with Crippen LogP contribution in [-0.2, 0) is 0 Å². The van der Waals surface area contributed by atoms with Crippen LogP contribution in [0.1, 0.15) is 33.1 Å². The highest BCUT2D eigenvalue weighted by Crippen LogP contribution is 2.24. The van der Waals surface area contributed by atoms with E-state index in [0.717, 1.165) is 10.4 Å². The first-order valence-electron chi connectivity index (χ1n) is 5.79. The van der Waals surface area contributed by atoms with E-state index < -0.39 is 0 Å². The fraction of sp³-hybridized carbons (Fsp3) is 0.214. The van der Waals surface area contributed by atoms with Crippen molar-refractivity contribution < 1.29 is 4.79 Å². The van der Waals surface area contributed by atoms with Gasteiger partial charge in [-0.25, -0.2) is 0 Å². The highest BCUT2D eigenvalue weighted by Gasteiger charge is 2.14. The molecule has 1 heterocycles. The van der Waals surface area contributed by atoms with Crippen LogP contribution in [0.2, 0.25) is 0 Å². The molecule has 18 heavy (non-hydrogen) atoms. The number of carbonyl (C=O) groups excluding carboxylic acids is 1. The fourth-order valence-corrected chi connectivity index (χ4v) is 2.55. The van der Waals surface area contributed by atoms with E-state index >= 15 is 0 Å². The molecule has 1 aromatic carbocycles. The molecule has 0 saturated heterocycles. The maximum Gasteiger partial charge on any atom is 0.261 e. The van der Waals surface area contributed by atoms with Crippen LogP contribution in [0.5, 0.6) is 0 Å². The van der Waals surface area contributed by atoms with Gasteiger partial charge in [0.15, 0.2) is 0 Å². The van der Waals surface area contributed by atoms with Crippen molar-refractivity contribution in [3.05, 3.63) is 51.7 Å². The lowest BCUT2D eigenvalue weighted by Gasteiger charge is -2.13. The summed E-state index contributed by atoms with van der Waals surface area (Å²) in [6, 6.07) is 11.6. The van der Waals surface area contributed by atoms with Gasteiger partial charge in [0.05, 0.1) is 10.9 Å². The Bertz CT molecular complexity index is 529. The molecule has 4 heteroatoms. The highest BCUT2D eigenvalue weighted by molar-refractivity contribution is 7.14. The third kappa shape index (κ3) is 2.71. The number of aryl methyl sites for hydroxylation is 1.